The van der Waals surface area contributed by atoms with Crippen LogP contribution in [0.1, 0.15) is 36.0 Å². The average molecular weight is 465 g/mol. The van der Waals surface area contributed by atoms with Gasteiger partial charge in [-0.05, 0) is 55.2 Å². The molecular weight excluding hydrogens is 432 g/mol. The van der Waals surface area contributed by atoms with Crippen LogP contribution in [-0.2, 0) is 27.5 Å². The van der Waals surface area contributed by atoms with Gasteiger partial charge in [0.25, 0.3) is 0 Å². The molecule has 0 saturated carbocycles. The Balaban J connectivity index is 1.49. The van der Waals surface area contributed by atoms with E-state index in [2.05, 4.69) is 12.1 Å². The first-order valence-electron chi connectivity index (χ1n) is 11.3. The lowest BCUT2D eigenvalue weighted by atomic mass is 10.1. The highest BCUT2D eigenvalue weighted by Crippen LogP contribution is 2.24. The van der Waals surface area contributed by atoms with Gasteiger partial charge in [0, 0.05) is 17.9 Å². The van der Waals surface area contributed by atoms with E-state index in [0.717, 1.165) is 34.6 Å². The van der Waals surface area contributed by atoms with Crippen molar-refractivity contribution in [2.45, 2.75) is 50.4 Å². The molecular formula is C28H32O4S. The largest absolute Gasteiger partial charge is 0.497 e. The number of carbonyl (C=O) groups excluding carboxylic acids is 1. The summed E-state index contributed by atoms with van der Waals surface area (Å²) in [7, 11) is 1.65. The summed E-state index contributed by atoms with van der Waals surface area (Å²) in [6.45, 7) is 3.73. The van der Waals surface area contributed by atoms with Gasteiger partial charge in [-0.3, -0.25) is 4.79 Å². The SMILES string of the molecule is COc1ccc(CO[C@@H](CCCOCc2ccccc2)CC(=O)Sc2ccc(C)cc2)cc1. The van der Waals surface area contributed by atoms with E-state index < -0.39 is 0 Å². The number of methoxy groups -OCH3 is 1. The molecule has 0 aliphatic heterocycles. The first-order valence-corrected chi connectivity index (χ1v) is 12.1. The van der Waals surface area contributed by atoms with Crippen LogP contribution in [0.25, 0.3) is 0 Å². The summed E-state index contributed by atoms with van der Waals surface area (Å²) in [6.07, 6.45) is 1.82. The zero-order valence-corrected chi connectivity index (χ0v) is 20.2. The summed E-state index contributed by atoms with van der Waals surface area (Å²) in [5.74, 6) is 0.815. The molecule has 5 heteroatoms. The Labute approximate surface area is 201 Å². The molecule has 0 radical (unpaired) electrons. The Morgan fingerprint density at radius 2 is 1.58 bits per heavy atom. The molecule has 0 bridgehead atoms. The zero-order valence-electron chi connectivity index (χ0n) is 19.4. The van der Waals surface area contributed by atoms with E-state index in [1.807, 2.05) is 73.7 Å². The lowest BCUT2D eigenvalue weighted by Crippen LogP contribution is -2.17. The highest BCUT2D eigenvalue weighted by molar-refractivity contribution is 8.13. The van der Waals surface area contributed by atoms with Crippen LogP contribution < -0.4 is 4.74 Å². The van der Waals surface area contributed by atoms with Crippen molar-refractivity contribution in [3.63, 3.8) is 0 Å². The number of carbonyl (C=O) groups is 1. The maximum absolute atomic E-state index is 12.7. The third-order valence-corrected chi connectivity index (χ3v) is 6.12. The van der Waals surface area contributed by atoms with Crippen molar-refractivity contribution in [1.82, 2.24) is 0 Å². The fraction of sp³-hybridized carbons (Fsp3) is 0.321. The number of hydrogen-bond donors (Lipinski definition) is 0. The van der Waals surface area contributed by atoms with Gasteiger partial charge in [-0.1, -0.05) is 71.9 Å². The Morgan fingerprint density at radius 3 is 2.27 bits per heavy atom. The van der Waals surface area contributed by atoms with Gasteiger partial charge in [0.05, 0.1) is 26.4 Å². The fourth-order valence-electron chi connectivity index (χ4n) is 3.32. The van der Waals surface area contributed by atoms with Crippen molar-refractivity contribution in [3.8, 4) is 5.75 Å². The van der Waals surface area contributed by atoms with E-state index in [-0.39, 0.29) is 11.2 Å². The number of hydrogen-bond acceptors (Lipinski definition) is 5. The molecule has 0 spiro atoms. The van der Waals surface area contributed by atoms with Gasteiger partial charge >= 0.3 is 0 Å². The monoisotopic (exact) mass is 464 g/mol. The fourth-order valence-corrected chi connectivity index (χ4v) is 4.13. The lowest BCUT2D eigenvalue weighted by molar-refractivity contribution is -0.114. The molecule has 1 atom stereocenters. The van der Waals surface area contributed by atoms with Crippen LogP contribution in [0.15, 0.2) is 83.8 Å². The third-order valence-electron chi connectivity index (χ3n) is 5.22. The number of rotatable bonds is 13. The van der Waals surface area contributed by atoms with Crippen LogP contribution in [0.3, 0.4) is 0 Å². The zero-order chi connectivity index (χ0) is 23.3. The second-order valence-corrected chi connectivity index (χ2v) is 9.08. The predicted molar refractivity (Wildman–Crippen MR) is 134 cm³/mol. The molecule has 0 aromatic heterocycles. The van der Waals surface area contributed by atoms with Crippen molar-refractivity contribution >= 4 is 16.9 Å². The van der Waals surface area contributed by atoms with Gasteiger partial charge in [-0.15, -0.1) is 0 Å². The molecule has 0 aliphatic rings. The van der Waals surface area contributed by atoms with Crippen molar-refractivity contribution in [2.24, 2.45) is 0 Å². The molecule has 0 unspecified atom stereocenters. The number of ether oxygens (including phenoxy) is 3. The summed E-state index contributed by atoms with van der Waals surface area (Å²) in [4.78, 5) is 13.7. The minimum atomic E-state index is -0.155. The van der Waals surface area contributed by atoms with Gasteiger partial charge in [0.2, 0.25) is 0 Å². The summed E-state index contributed by atoms with van der Waals surface area (Å²) < 4.78 is 17.2. The molecule has 0 aliphatic carbocycles. The first-order chi connectivity index (χ1) is 16.1. The van der Waals surface area contributed by atoms with E-state index in [9.17, 15) is 4.79 Å². The predicted octanol–water partition coefficient (Wildman–Crippen LogP) is 6.59. The number of aryl methyl sites for hydroxylation is 1. The average Bonchev–Trinajstić information content (AvgIpc) is 2.84. The highest BCUT2D eigenvalue weighted by Gasteiger charge is 2.16. The lowest BCUT2D eigenvalue weighted by Gasteiger charge is -2.18. The van der Waals surface area contributed by atoms with Gasteiger partial charge in [0.1, 0.15) is 5.75 Å². The van der Waals surface area contributed by atoms with Gasteiger partial charge in [-0.2, -0.15) is 0 Å². The molecule has 4 nitrogen and oxygen atoms in total. The van der Waals surface area contributed by atoms with E-state index in [0.29, 0.717) is 26.2 Å². The van der Waals surface area contributed by atoms with Crippen LogP contribution >= 0.6 is 11.8 Å². The Kier molecular flexibility index (Phi) is 10.5. The summed E-state index contributed by atoms with van der Waals surface area (Å²) in [6, 6.07) is 26.0. The highest BCUT2D eigenvalue weighted by atomic mass is 32.2. The van der Waals surface area contributed by atoms with Crippen LogP contribution in [0.2, 0.25) is 0 Å². The summed E-state index contributed by atoms with van der Waals surface area (Å²) >= 11 is 1.28. The molecule has 0 amide bonds. The standard InChI is InChI=1S/C28H32O4S/c1-22-10-16-27(17-11-22)33-28(29)19-26(32-21-24-12-14-25(30-2)15-13-24)9-6-18-31-20-23-7-4-3-5-8-23/h3-5,7-8,10-17,26H,6,9,18-21H2,1-2H3/t26-/m0/s1. The second-order valence-electron chi connectivity index (χ2n) is 7.95. The molecule has 0 saturated heterocycles. The van der Waals surface area contributed by atoms with Crippen LogP contribution in [0.5, 0.6) is 5.75 Å². The van der Waals surface area contributed by atoms with Gasteiger partial charge in [-0.25, -0.2) is 0 Å². The molecule has 3 rings (SSSR count). The number of thioether (sulfide) groups is 1. The molecule has 3 aromatic rings. The van der Waals surface area contributed by atoms with E-state index in [1.54, 1.807) is 7.11 Å². The van der Waals surface area contributed by atoms with Crippen molar-refractivity contribution < 1.29 is 19.0 Å². The summed E-state index contributed by atoms with van der Waals surface area (Å²) in [5, 5.41) is 0.115. The molecule has 0 heterocycles. The topological polar surface area (TPSA) is 44.8 Å². The van der Waals surface area contributed by atoms with E-state index in [4.69, 9.17) is 14.2 Å². The van der Waals surface area contributed by atoms with E-state index in [1.165, 1.54) is 17.3 Å². The van der Waals surface area contributed by atoms with Crippen molar-refractivity contribution in [3.05, 3.63) is 95.6 Å². The van der Waals surface area contributed by atoms with Crippen LogP contribution in [0.4, 0.5) is 0 Å². The molecule has 174 valence electrons. The minimum absolute atomic E-state index is 0.115. The first kappa shape index (κ1) is 25.0. The summed E-state index contributed by atoms with van der Waals surface area (Å²) in [5.41, 5.74) is 3.40. The number of benzene rings is 3. The van der Waals surface area contributed by atoms with Crippen LogP contribution in [0, 0.1) is 6.92 Å². The Morgan fingerprint density at radius 1 is 0.879 bits per heavy atom. The normalized spacial score (nSPS) is 11.8. The molecule has 3 aromatic carbocycles. The molecule has 33 heavy (non-hydrogen) atoms. The Hall–Kier alpha value is -2.60. The molecule has 0 N–H and O–H groups in total. The minimum Gasteiger partial charge on any atom is -0.497 e. The quantitative estimate of drug-likeness (QED) is 0.211. The maximum atomic E-state index is 12.7. The van der Waals surface area contributed by atoms with Gasteiger partial charge in [0.15, 0.2) is 5.12 Å². The third kappa shape index (κ3) is 9.42. The molecule has 0 fully saturated rings. The Bertz CT molecular complexity index is 955. The smallest absolute Gasteiger partial charge is 0.196 e. The van der Waals surface area contributed by atoms with Gasteiger partial charge < -0.3 is 14.2 Å². The second kappa shape index (κ2) is 13.8. The van der Waals surface area contributed by atoms with Crippen molar-refractivity contribution in [1.29, 1.82) is 0 Å². The van der Waals surface area contributed by atoms with Crippen molar-refractivity contribution in [2.75, 3.05) is 13.7 Å². The van der Waals surface area contributed by atoms with E-state index >= 15 is 0 Å². The maximum Gasteiger partial charge on any atom is 0.196 e. The van der Waals surface area contributed by atoms with Crippen LogP contribution in [-0.4, -0.2) is 24.9 Å².